The SMILES string of the molecule is CCc1nsc(N2CCN(C(=NC)NCCCSc3nccs3)CC2)n1. The van der Waals surface area contributed by atoms with Gasteiger partial charge < -0.3 is 15.1 Å². The summed E-state index contributed by atoms with van der Waals surface area (Å²) in [6, 6.07) is 0. The Morgan fingerprint density at radius 2 is 2.19 bits per heavy atom. The number of hydrogen-bond acceptors (Lipinski definition) is 8. The summed E-state index contributed by atoms with van der Waals surface area (Å²) in [6.45, 7) is 6.84. The van der Waals surface area contributed by atoms with Crippen LogP contribution in [0.15, 0.2) is 20.9 Å². The molecule has 0 amide bonds. The van der Waals surface area contributed by atoms with Gasteiger partial charge in [-0.2, -0.15) is 4.37 Å². The summed E-state index contributed by atoms with van der Waals surface area (Å²) in [7, 11) is 1.86. The number of piperazine rings is 1. The smallest absolute Gasteiger partial charge is 0.205 e. The van der Waals surface area contributed by atoms with E-state index in [1.54, 1.807) is 11.3 Å². The zero-order valence-electron chi connectivity index (χ0n) is 15.2. The number of rotatable bonds is 7. The molecule has 7 nitrogen and oxygen atoms in total. The van der Waals surface area contributed by atoms with Gasteiger partial charge in [-0.3, -0.25) is 4.99 Å². The minimum Gasteiger partial charge on any atom is -0.356 e. The van der Waals surface area contributed by atoms with Crippen molar-refractivity contribution in [2.45, 2.75) is 24.1 Å². The summed E-state index contributed by atoms with van der Waals surface area (Å²) in [5.74, 6) is 3.01. The van der Waals surface area contributed by atoms with Crippen LogP contribution in [0, 0.1) is 0 Å². The summed E-state index contributed by atoms with van der Waals surface area (Å²) in [4.78, 5) is 18.0. The molecule has 1 aliphatic rings. The highest BCUT2D eigenvalue weighted by atomic mass is 32.2. The Balaban J connectivity index is 1.37. The molecule has 0 aliphatic carbocycles. The van der Waals surface area contributed by atoms with Crippen LogP contribution in [0.3, 0.4) is 0 Å². The van der Waals surface area contributed by atoms with Crippen molar-refractivity contribution in [2.24, 2.45) is 4.99 Å². The van der Waals surface area contributed by atoms with E-state index >= 15 is 0 Å². The van der Waals surface area contributed by atoms with Crippen molar-refractivity contribution in [3.05, 3.63) is 17.4 Å². The van der Waals surface area contributed by atoms with Gasteiger partial charge in [-0.15, -0.1) is 11.3 Å². The van der Waals surface area contributed by atoms with Crippen LogP contribution >= 0.6 is 34.6 Å². The lowest BCUT2D eigenvalue weighted by Crippen LogP contribution is -2.52. The number of hydrogen-bond donors (Lipinski definition) is 1. The normalized spacial score (nSPS) is 15.5. The standard InChI is InChI=1S/C16H25N7S3/c1-3-13-20-15(26-21-13)23-9-7-22(8-10-23)14(17-2)18-5-4-11-24-16-19-6-12-25-16/h6,12H,3-5,7-11H2,1-2H3,(H,17,18). The molecule has 1 aliphatic heterocycles. The van der Waals surface area contributed by atoms with E-state index < -0.39 is 0 Å². The summed E-state index contributed by atoms with van der Waals surface area (Å²) < 4.78 is 5.54. The van der Waals surface area contributed by atoms with E-state index in [4.69, 9.17) is 0 Å². The molecular weight excluding hydrogens is 386 g/mol. The number of aliphatic imine (C=N–C) groups is 1. The second kappa shape index (κ2) is 10.1. The first-order chi connectivity index (χ1) is 12.8. The predicted octanol–water partition coefficient (Wildman–Crippen LogP) is 2.44. The topological polar surface area (TPSA) is 69.5 Å². The van der Waals surface area contributed by atoms with Gasteiger partial charge in [-0.1, -0.05) is 18.7 Å². The maximum atomic E-state index is 4.60. The molecule has 26 heavy (non-hydrogen) atoms. The van der Waals surface area contributed by atoms with Gasteiger partial charge in [0.05, 0.1) is 0 Å². The molecule has 0 unspecified atom stereocenters. The van der Waals surface area contributed by atoms with Gasteiger partial charge >= 0.3 is 0 Å². The third-order valence-corrected chi connectivity index (χ3v) is 6.94. The van der Waals surface area contributed by atoms with Crippen molar-refractivity contribution in [1.82, 2.24) is 24.6 Å². The van der Waals surface area contributed by atoms with Gasteiger partial charge in [-0.25, -0.2) is 9.97 Å². The molecule has 0 bridgehead atoms. The molecule has 10 heteroatoms. The number of guanidine groups is 1. The summed E-state index contributed by atoms with van der Waals surface area (Å²) >= 11 is 5.03. The van der Waals surface area contributed by atoms with Gasteiger partial charge in [-0.05, 0) is 6.42 Å². The number of nitrogens with zero attached hydrogens (tertiary/aromatic N) is 6. The van der Waals surface area contributed by atoms with Gasteiger partial charge in [0.25, 0.3) is 0 Å². The first-order valence-electron chi connectivity index (χ1n) is 8.85. The molecule has 3 heterocycles. The highest BCUT2D eigenvalue weighted by molar-refractivity contribution is 8.00. The Hall–Kier alpha value is -1.39. The molecule has 0 saturated carbocycles. The van der Waals surface area contributed by atoms with Gasteiger partial charge in [0.1, 0.15) is 10.2 Å². The van der Waals surface area contributed by atoms with Crippen molar-refractivity contribution in [2.75, 3.05) is 50.4 Å². The molecule has 0 atom stereocenters. The van der Waals surface area contributed by atoms with E-state index in [2.05, 4.69) is 41.4 Å². The Bertz CT molecular complexity index is 678. The second-order valence-electron chi connectivity index (χ2n) is 5.79. The molecular formula is C16H25N7S3. The molecule has 1 N–H and O–H groups in total. The minimum atomic E-state index is 0.897. The largest absolute Gasteiger partial charge is 0.356 e. The lowest BCUT2D eigenvalue weighted by molar-refractivity contribution is 0.372. The number of thiazole rings is 1. The van der Waals surface area contributed by atoms with E-state index in [9.17, 15) is 0 Å². The first-order valence-corrected chi connectivity index (χ1v) is 11.5. The number of thioether (sulfide) groups is 1. The molecule has 1 saturated heterocycles. The molecule has 0 aromatic carbocycles. The van der Waals surface area contributed by atoms with Gasteiger partial charge in [0.15, 0.2) is 5.96 Å². The third kappa shape index (κ3) is 5.31. The van der Waals surface area contributed by atoms with Crippen LogP contribution in [0.1, 0.15) is 19.2 Å². The number of anilines is 1. The number of nitrogens with one attached hydrogen (secondary N) is 1. The van der Waals surface area contributed by atoms with Crippen LogP contribution in [-0.2, 0) is 6.42 Å². The third-order valence-electron chi connectivity index (χ3n) is 4.07. The molecule has 1 fully saturated rings. The minimum absolute atomic E-state index is 0.897. The van der Waals surface area contributed by atoms with Crippen molar-refractivity contribution >= 4 is 45.7 Å². The summed E-state index contributed by atoms with van der Waals surface area (Å²) in [5.41, 5.74) is 0. The van der Waals surface area contributed by atoms with Crippen molar-refractivity contribution in [3.8, 4) is 0 Å². The van der Waals surface area contributed by atoms with Crippen molar-refractivity contribution < 1.29 is 0 Å². The Kier molecular flexibility index (Phi) is 7.51. The van der Waals surface area contributed by atoms with Gasteiger partial charge in [0.2, 0.25) is 5.13 Å². The van der Waals surface area contributed by atoms with E-state index in [1.807, 2.05) is 30.4 Å². The summed E-state index contributed by atoms with van der Waals surface area (Å²) in [6.07, 6.45) is 3.85. The zero-order valence-corrected chi connectivity index (χ0v) is 17.7. The van der Waals surface area contributed by atoms with Crippen LogP contribution in [0.25, 0.3) is 0 Å². The van der Waals surface area contributed by atoms with Crippen molar-refractivity contribution in [1.29, 1.82) is 0 Å². The molecule has 142 valence electrons. The van der Waals surface area contributed by atoms with Crippen LogP contribution in [-0.4, -0.2) is 70.7 Å². The number of aromatic nitrogens is 3. The van der Waals surface area contributed by atoms with Gasteiger partial charge in [0, 0.05) is 75.1 Å². The zero-order chi connectivity index (χ0) is 18.2. The Morgan fingerprint density at radius 3 is 2.85 bits per heavy atom. The fourth-order valence-corrected chi connectivity index (χ4v) is 5.12. The van der Waals surface area contributed by atoms with Crippen LogP contribution in [0.4, 0.5) is 5.13 Å². The monoisotopic (exact) mass is 411 g/mol. The van der Waals surface area contributed by atoms with Crippen LogP contribution in [0.2, 0.25) is 0 Å². The van der Waals surface area contributed by atoms with E-state index in [-0.39, 0.29) is 0 Å². The fourth-order valence-electron chi connectivity index (χ4n) is 2.67. The number of aryl methyl sites for hydroxylation is 1. The molecule has 0 radical (unpaired) electrons. The fraction of sp³-hybridized carbons (Fsp3) is 0.625. The average molecular weight is 412 g/mol. The Labute approximate surface area is 167 Å². The van der Waals surface area contributed by atoms with E-state index in [0.717, 1.165) is 72.6 Å². The first kappa shape index (κ1) is 19.4. The van der Waals surface area contributed by atoms with E-state index in [1.165, 1.54) is 11.5 Å². The summed E-state index contributed by atoms with van der Waals surface area (Å²) in [5, 5.41) is 6.55. The highest BCUT2D eigenvalue weighted by Gasteiger charge is 2.21. The highest BCUT2D eigenvalue weighted by Crippen LogP contribution is 2.21. The lowest BCUT2D eigenvalue weighted by atomic mass is 10.3. The average Bonchev–Trinajstić information content (AvgIpc) is 3.36. The second-order valence-corrected chi connectivity index (χ2v) is 8.76. The molecule has 3 rings (SSSR count). The molecule has 2 aromatic rings. The van der Waals surface area contributed by atoms with Crippen molar-refractivity contribution in [3.63, 3.8) is 0 Å². The maximum Gasteiger partial charge on any atom is 0.205 e. The molecule has 0 spiro atoms. The predicted molar refractivity (Wildman–Crippen MR) is 112 cm³/mol. The Morgan fingerprint density at radius 1 is 1.35 bits per heavy atom. The van der Waals surface area contributed by atoms with Crippen LogP contribution < -0.4 is 10.2 Å². The van der Waals surface area contributed by atoms with E-state index in [0.29, 0.717) is 0 Å². The maximum absolute atomic E-state index is 4.60. The molecule has 2 aromatic heterocycles. The quantitative estimate of drug-likeness (QED) is 0.325. The van der Waals surface area contributed by atoms with Crippen LogP contribution in [0.5, 0.6) is 0 Å². The lowest BCUT2D eigenvalue weighted by Gasteiger charge is -2.36.